The monoisotopic (exact) mass is 417 g/mol. The Kier molecular flexibility index (Phi) is 6.28. The molecule has 0 aliphatic carbocycles. The summed E-state index contributed by atoms with van der Waals surface area (Å²) >= 11 is 0.913. The quantitative estimate of drug-likeness (QED) is 0.642. The van der Waals surface area contributed by atoms with Gasteiger partial charge in [-0.1, -0.05) is 13.0 Å². The Morgan fingerprint density at radius 1 is 1.24 bits per heavy atom. The summed E-state index contributed by atoms with van der Waals surface area (Å²) in [5.74, 6) is -0.399. The predicted molar refractivity (Wildman–Crippen MR) is 106 cm³/mol. The van der Waals surface area contributed by atoms with E-state index in [9.17, 15) is 14.4 Å². The summed E-state index contributed by atoms with van der Waals surface area (Å²) in [5.41, 5.74) is 0.683. The fraction of sp³-hybridized carbons (Fsp3) is 0.250. The van der Waals surface area contributed by atoms with Crippen LogP contribution in [0.5, 0.6) is 11.5 Å². The van der Waals surface area contributed by atoms with Gasteiger partial charge in [0.15, 0.2) is 11.5 Å². The first-order chi connectivity index (χ1) is 13.9. The number of furan rings is 1. The maximum atomic E-state index is 12.3. The second-order valence-corrected chi connectivity index (χ2v) is 7.10. The third-order valence-corrected chi connectivity index (χ3v) is 4.96. The Labute approximate surface area is 171 Å². The van der Waals surface area contributed by atoms with Crippen molar-refractivity contribution in [2.45, 2.75) is 20.0 Å². The molecule has 9 heteroatoms. The average molecular weight is 417 g/mol. The Morgan fingerprint density at radius 2 is 2.03 bits per heavy atom. The van der Waals surface area contributed by atoms with Gasteiger partial charge in [-0.3, -0.25) is 14.5 Å². The molecule has 0 saturated carbocycles. The Balaban J connectivity index is 1.74. The first-order valence-electron chi connectivity index (χ1n) is 8.81. The topological polar surface area (TPSA) is 106 Å². The van der Waals surface area contributed by atoms with Crippen LogP contribution in [0.3, 0.4) is 0 Å². The standard InChI is InChI=1S/C20H19NO7S/c1-3-8-21-18(22)17(29-20(21)25)10-12-4-6-14(16(9-12)26-2)27-11-13-5-7-15(28-13)19(23)24/h4-7,9-10H,3,8,11H2,1-2H3,(H,23,24). The number of hydrogen-bond donors (Lipinski definition) is 1. The second kappa shape index (κ2) is 8.87. The van der Waals surface area contributed by atoms with E-state index < -0.39 is 5.97 Å². The first kappa shape index (κ1) is 20.5. The number of carboxylic acids is 1. The third-order valence-electron chi connectivity index (χ3n) is 4.05. The lowest BCUT2D eigenvalue weighted by Crippen LogP contribution is -2.28. The SMILES string of the molecule is CCCN1C(=O)SC(=Cc2ccc(OCc3ccc(C(=O)O)o3)c(OC)c2)C1=O. The van der Waals surface area contributed by atoms with E-state index in [0.717, 1.165) is 11.8 Å². The zero-order valence-electron chi connectivity index (χ0n) is 15.8. The molecule has 0 unspecified atom stereocenters. The molecule has 29 heavy (non-hydrogen) atoms. The molecule has 3 rings (SSSR count). The van der Waals surface area contributed by atoms with E-state index >= 15 is 0 Å². The molecule has 0 atom stereocenters. The molecule has 2 heterocycles. The number of benzene rings is 1. The smallest absolute Gasteiger partial charge is 0.371 e. The van der Waals surface area contributed by atoms with Gasteiger partial charge in [0.25, 0.3) is 11.1 Å². The Hall–Kier alpha value is -3.20. The molecule has 8 nitrogen and oxygen atoms in total. The third kappa shape index (κ3) is 4.62. The van der Waals surface area contributed by atoms with Crippen LogP contribution in [0, 0.1) is 0 Å². The van der Waals surface area contributed by atoms with Gasteiger partial charge >= 0.3 is 5.97 Å². The minimum Gasteiger partial charge on any atom is -0.493 e. The van der Waals surface area contributed by atoms with Crippen LogP contribution < -0.4 is 9.47 Å². The summed E-state index contributed by atoms with van der Waals surface area (Å²) in [6, 6.07) is 7.97. The molecular formula is C20H19NO7S. The van der Waals surface area contributed by atoms with Gasteiger partial charge in [-0.2, -0.15) is 0 Å². The van der Waals surface area contributed by atoms with Crippen molar-refractivity contribution < 1.29 is 33.4 Å². The number of carboxylic acid groups (broad SMARTS) is 1. The van der Waals surface area contributed by atoms with Crippen LogP contribution in [-0.2, 0) is 11.4 Å². The molecule has 2 amide bonds. The van der Waals surface area contributed by atoms with Gasteiger partial charge < -0.3 is 19.0 Å². The maximum Gasteiger partial charge on any atom is 0.371 e. The van der Waals surface area contributed by atoms with E-state index in [1.54, 1.807) is 24.3 Å². The number of amides is 2. The highest BCUT2D eigenvalue weighted by atomic mass is 32.2. The summed E-state index contributed by atoms with van der Waals surface area (Å²) in [6.07, 6.45) is 2.34. The van der Waals surface area contributed by atoms with Gasteiger partial charge in [0.1, 0.15) is 12.4 Å². The molecule has 0 radical (unpaired) electrons. The molecular weight excluding hydrogens is 398 g/mol. The molecule has 1 fully saturated rings. The molecule has 1 saturated heterocycles. The number of thioether (sulfide) groups is 1. The fourth-order valence-corrected chi connectivity index (χ4v) is 3.55. The molecule has 1 aromatic heterocycles. The molecule has 1 aliphatic rings. The number of ether oxygens (including phenoxy) is 2. The van der Waals surface area contributed by atoms with E-state index in [1.165, 1.54) is 24.1 Å². The van der Waals surface area contributed by atoms with Crippen molar-refractivity contribution in [3.05, 3.63) is 52.3 Å². The van der Waals surface area contributed by atoms with E-state index in [2.05, 4.69) is 0 Å². The molecule has 1 aliphatic heterocycles. The Bertz CT molecular complexity index is 979. The number of imide groups is 1. The van der Waals surface area contributed by atoms with Crippen LogP contribution in [0.1, 0.15) is 35.2 Å². The lowest BCUT2D eigenvalue weighted by molar-refractivity contribution is -0.122. The lowest BCUT2D eigenvalue weighted by Gasteiger charge is -2.11. The average Bonchev–Trinajstić information content (AvgIpc) is 3.28. The molecule has 2 aromatic rings. The molecule has 1 N–H and O–H groups in total. The van der Waals surface area contributed by atoms with Gasteiger partial charge in [0.05, 0.1) is 12.0 Å². The first-order valence-corrected chi connectivity index (χ1v) is 9.62. The summed E-state index contributed by atoms with van der Waals surface area (Å²) < 4.78 is 16.1. The molecule has 1 aromatic carbocycles. The van der Waals surface area contributed by atoms with Crippen molar-refractivity contribution in [3.8, 4) is 11.5 Å². The van der Waals surface area contributed by atoms with Crippen molar-refractivity contribution >= 4 is 35.0 Å². The van der Waals surface area contributed by atoms with Gasteiger partial charge in [-0.15, -0.1) is 0 Å². The van der Waals surface area contributed by atoms with Crippen LogP contribution in [0.4, 0.5) is 4.79 Å². The maximum absolute atomic E-state index is 12.3. The summed E-state index contributed by atoms with van der Waals surface area (Å²) in [4.78, 5) is 36.8. The number of methoxy groups -OCH3 is 1. The predicted octanol–water partition coefficient (Wildman–Crippen LogP) is 4.01. The zero-order chi connectivity index (χ0) is 21.0. The summed E-state index contributed by atoms with van der Waals surface area (Å²) in [6.45, 7) is 2.33. The van der Waals surface area contributed by atoms with Crippen LogP contribution in [0.15, 0.2) is 39.7 Å². The highest BCUT2D eigenvalue weighted by molar-refractivity contribution is 8.18. The largest absolute Gasteiger partial charge is 0.493 e. The minimum atomic E-state index is -1.15. The molecule has 0 bridgehead atoms. The number of carbonyl (C=O) groups excluding carboxylic acids is 2. The lowest BCUT2D eigenvalue weighted by atomic mass is 10.2. The number of carbonyl (C=O) groups is 3. The summed E-state index contributed by atoms with van der Waals surface area (Å²) in [7, 11) is 1.48. The van der Waals surface area contributed by atoms with Gasteiger partial charge in [-0.05, 0) is 54.1 Å². The molecule has 152 valence electrons. The zero-order valence-corrected chi connectivity index (χ0v) is 16.7. The van der Waals surface area contributed by atoms with Gasteiger partial charge in [0, 0.05) is 6.54 Å². The van der Waals surface area contributed by atoms with Crippen LogP contribution >= 0.6 is 11.8 Å². The Morgan fingerprint density at radius 3 is 2.69 bits per heavy atom. The van der Waals surface area contributed by atoms with Crippen molar-refractivity contribution in [1.29, 1.82) is 0 Å². The minimum absolute atomic E-state index is 0.0267. The van der Waals surface area contributed by atoms with Crippen molar-refractivity contribution in [2.24, 2.45) is 0 Å². The van der Waals surface area contributed by atoms with E-state index in [4.69, 9.17) is 19.0 Å². The van der Waals surface area contributed by atoms with E-state index in [-0.39, 0.29) is 23.5 Å². The van der Waals surface area contributed by atoms with Gasteiger partial charge in [0.2, 0.25) is 5.76 Å². The van der Waals surface area contributed by atoms with Crippen molar-refractivity contribution in [2.75, 3.05) is 13.7 Å². The van der Waals surface area contributed by atoms with E-state index in [1.807, 2.05) is 6.92 Å². The van der Waals surface area contributed by atoms with Crippen molar-refractivity contribution in [1.82, 2.24) is 4.90 Å². The van der Waals surface area contributed by atoms with Crippen LogP contribution in [-0.4, -0.2) is 40.8 Å². The van der Waals surface area contributed by atoms with Crippen LogP contribution in [0.2, 0.25) is 0 Å². The fourth-order valence-electron chi connectivity index (χ4n) is 2.68. The number of hydrogen-bond acceptors (Lipinski definition) is 7. The highest BCUT2D eigenvalue weighted by Crippen LogP contribution is 2.34. The van der Waals surface area contributed by atoms with Crippen molar-refractivity contribution in [3.63, 3.8) is 0 Å². The number of rotatable bonds is 8. The van der Waals surface area contributed by atoms with Gasteiger partial charge in [-0.25, -0.2) is 4.79 Å². The number of nitrogens with zero attached hydrogens (tertiary/aromatic N) is 1. The van der Waals surface area contributed by atoms with E-state index in [0.29, 0.717) is 40.7 Å². The number of aromatic carboxylic acids is 1. The summed E-state index contributed by atoms with van der Waals surface area (Å²) in [5, 5.41) is 8.62. The molecule has 0 spiro atoms. The van der Waals surface area contributed by atoms with Crippen LogP contribution in [0.25, 0.3) is 6.08 Å². The second-order valence-electron chi connectivity index (χ2n) is 6.10. The normalized spacial score (nSPS) is 15.2. The highest BCUT2D eigenvalue weighted by Gasteiger charge is 2.34.